The summed E-state index contributed by atoms with van der Waals surface area (Å²) in [5.74, 6) is 0.366. The minimum Gasteiger partial charge on any atom is -0.511 e. The number of rotatable bonds is 3. The monoisotopic (exact) mass is 223 g/mol. The summed E-state index contributed by atoms with van der Waals surface area (Å²) in [5.41, 5.74) is 0.976. The van der Waals surface area contributed by atoms with Gasteiger partial charge in [0.05, 0.1) is 11.6 Å². The Hall–Kier alpha value is -1.45. The molecule has 1 unspecified atom stereocenters. The zero-order valence-corrected chi connectivity index (χ0v) is 9.35. The first-order valence-corrected chi connectivity index (χ1v) is 5.74. The van der Waals surface area contributed by atoms with Gasteiger partial charge in [-0.25, -0.2) is 0 Å². The molecule has 4 heteroatoms. The van der Waals surface area contributed by atoms with Crippen LogP contribution in [0.2, 0.25) is 0 Å². The third kappa shape index (κ3) is 1.79. The van der Waals surface area contributed by atoms with Crippen LogP contribution in [0.15, 0.2) is 28.3 Å². The highest BCUT2D eigenvalue weighted by molar-refractivity contribution is 6.00. The molecule has 0 radical (unpaired) electrons. The maximum absolute atomic E-state index is 10.1. The Morgan fingerprint density at radius 3 is 2.56 bits per heavy atom. The summed E-state index contributed by atoms with van der Waals surface area (Å²) in [6, 6.07) is 0. The first-order valence-electron chi connectivity index (χ1n) is 5.74. The smallest absolute Gasteiger partial charge is 0.124 e. The summed E-state index contributed by atoms with van der Waals surface area (Å²) in [5, 5.41) is 31.9. The first-order chi connectivity index (χ1) is 7.69. The average molecular weight is 223 g/mol. The van der Waals surface area contributed by atoms with Crippen molar-refractivity contribution >= 4 is 5.71 Å². The van der Waals surface area contributed by atoms with Crippen LogP contribution in [0.1, 0.15) is 32.6 Å². The van der Waals surface area contributed by atoms with Gasteiger partial charge >= 0.3 is 0 Å². The van der Waals surface area contributed by atoms with Crippen molar-refractivity contribution in [2.45, 2.75) is 32.6 Å². The molecular formula is C12H17NO3. The molecule has 1 atom stereocenters. The molecule has 0 aromatic rings. The molecule has 0 heterocycles. The topological polar surface area (TPSA) is 73.1 Å². The summed E-state index contributed by atoms with van der Waals surface area (Å²) in [4.78, 5) is 0. The third-order valence-electron chi connectivity index (χ3n) is 3.23. The second kappa shape index (κ2) is 4.20. The van der Waals surface area contributed by atoms with Gasteiger partial charge in [0.1, 0.15) is 11.5 Å². The average Bonchev–Trinajstić information content (AvgIpc) is 3.07. The first kappa shape index (κ1) is 11.0. The largest absolute Gasteiger partial charge is 0.511 e. The summed E-state index contributed by atoms with van der Waals surface area (Å²) in [6.07, 6.45) is 5.06. The van der Waals surface area contributed by atoms with Crippen LogP contribution in [0.3, 0.4) is 0 Å². The van der Waals surface area contributed by atoms with Crippen LogP contribution in [-0.4, -0.2) is 21.1 Å². The van der Waals surface area contributed by atoms with Gasteiger partial charge in [-0.3, -0.25) is 0 Å². The summed E-state index contributed by atoms with van der Waals surface area (Å²) in [7, 11) is 0. The summed E-state index contributed by atoms with van der Waals surface area (Å²) < 4.78 is 0. The quantitative estimate of drug-likeness (QED) is 0.508. The molecule has 0 spiro atoms. The maximum atomic E-state index is 10.1. The number of aliphatic hydroxyl groups excluding tert-OH is 2. The lowest BCUT2D eigenvalue weighted by atomic mass is 9.85. The zero-order valence-electron chi connectivity index (χ0n) is 9.35. The van der Waals surface area contributed by atoms with E-state index < -0.39 is 0 Å². The van der Waals surface area contributed by atoms with Gasteiger partial charge in [0.2, 0.25) is 0 Å². The molecule has 0 aromatic carbocycles. The molecule has 2 aliphatic rings. The molecule has 0 aliphatic heterocycles. The Labute approximate surface area is 94.6 Å². The molecule has 2 rings (SSSR count). The van der Waals surface area contributed by atoms with Crippen LogP contribution in [0.25, 0.3) is 0 Å². The zero-order chi connectivity index (χ0) is 11.7. The van der Waals surface area contributed by atoms with Crippen molar-refractivity contribution in [1.82, 2.24) is 0 Å². The third-order valence-corrected chi connectivity index (χ3v) is 3.23. The number of nitrogens with zero attached hydrogens (tertiary/aromatic N) is 1. The molecule has 0 saturated heterocycles. The van der Waals surface area contributed by atoms with Crippen molar-refractivity contribution in [2.24, 2.45) is 17.0 Å². The van der Waals surface area contributed by atoms with E-state index in [4.69, 9.17) is 5.21 Å². The standard InChI is InChI=1S/C12H17NO3/c1-2-3-8-10(14)6-9(13-16)11(12(8)15)7-4-5-7/h6-7,11,14-16H,2-5H2,1H3. The van der Waals surface area contributed by atoms with E-state index in [1.165, 1.54) is 6.08 Å². The van der Waals surface area contributed by atoms with Crippen molar-refractivity contribution in [3.8, 4) is 0 Å². The number of hydrogen-bond acceptors (Lipinski definition) is 4. The molecule has 0 aromatic heterocycles. The van der Waals surface area contributed by atoms with Gasteiger partial charge in [-0.2, -0.15) is 0 Å². The number of hydrogen-bond donors (Lipinski definition) is 3. The van der Waals surface area contributed by atoms with Gasteiger partial charge in [-0.1, -0.05) is 18.5 Å². The molecule has 0 amide bonds. The predicted octanol–water partition coefficient (Wildman–Crippen LogP) is 2.91. The second-order valence-corrected chi connectivity index (χ2v) is 4.48. The summed E-state index contributed by atoms with van der Waals surface area (Å²) >= 11 is 0. The van der Waals surface area contributed by atoms with Crippen molar-refractivity contribution in [1.29, 1.82) is 0 Å². The fraction of sp³-hybridized carbons (Fsp3) is 0.583. The normalized spacial score (nSPS) is 28.4. The van der Waals surface area contributed by atoms with Gasteiger partial charge in [0, 0.05) is 11.6 Å². The lowest BCUT2D eigenvalue weighted by Crippen LogP contribution is -2.24. The maximum Gasteiger partial charge on any atom is 0.124 e. The molecule has 88 valence electrons. The van der Waals surface area contributed by atoms with Crippen LogP contribution in [0.5, 0.6) is 0 Å². The van der Waals surface area contributed by atoms with Crippen molar-refractivity contribution in [3.63, 3.8) is 0 Å². The molecule has 16 heavy (non-hydrogen) atoms. The lowest BCUT2D eigenvalue weighted by Gasteiger charge is -2.23. The Morgan fingerprint density at radius 2 is 2.06 bits per heavy atom. The Morgan fingerprint density at radius 1 is 1.38 bits per heavy atom. The highest BCUT2D eigenvalue weighted by atomic mass is 16.4. The van der Waals surface area contributed by atoms with Gasteiger partial charge in [0.25, 0.3) is 0 Å². The van der Waals surface area contributed by atoms with Gasteiger partial charge < -0.3 is 15.4 Å². The molecule has 1 saturated carbocycles. The van der Waals surface area contributed by atoms with E-state index in [9.17, 15) is 10.2 Å². The Kier molecular flexibility index (Phi) is 2.90. The van der Waals surface area contributed by atoms with E-state index in [1.807, 2.05) is 6.92 Å². The van der Waals surface area contributed by atoms with Gasteiger partial charge in [0.15, 0.2) is 0 Å². The number of aliphatic hydroxyl groups is 2. The SMILES string of the molecule is CCCC1=C(O)C(C2CC2)C(=NO)C=C1O. The van der Waals surface area contributed by atoms with Crippen LogP contribution in [0, 0.1) is 11.8 Å². The fourth-order valence-corrected chi connectivity index (χ4v) is 2.27. The van der Waals surface area contributed by atoms with Crippen LogP contribution < -0.4 is 0 Å². The van der Waals surface area contributed by atoms with Crippen molar-refractivity contribution in [2.75, 3.05) is 0 Å². The van der Waals surface area contributed by atoms with E-state index in [-0.39, 0.29) is 17.4 Å². The molecule has 4 nitrogen and oxygen atoms in total. The molecule has 2 aliphatic carbocycles. The predicted molar refractivity (Wildman–Crippen MR) is 60.7 cm³/mol. The van der Waals surface area contributed by atoms with Gasteiger partial charge in [-0.05, 0) is 25.2 Å². The highest BCUT2D eigenvalue weighted by Gasteiger charge is 2.40. The number of allylic oxidation sites excluding steroid dienone is 3. The van der Waals surface area contributed by atoms with Crippen molar-refractivity contribution in [3.05, 3.63) is 23.2 Å². The number of oxime groups is 1. The fourth-order valence-electron chi connectivity index (χ4n) is 2.27. The van der Waals surface area contributed by atoms with Crippen LogP contribution in [-0.2, 0) is 0 Å². The minimum atomic E-state index is -0.220. The van der Waals surface area contributed by atoms with E-state index in [1.54, 1.807) is 0 Å². The Bertz CT molecular complexity index is 378. The van der Waals surface area contributed by atoms with Crippen LogP contribution in [0.4, 0.5) is 0 Å². The molecule has 1 fully saturated rings. The molecular weight excluding hydrogens is 206 g/mol. The van der Waals surface area contributed by atoms with E-state index in [0.29, 0.717) is 23.6 Å². The van der Waals surface area contributed by atoms with E-state index in [2.05, 4.69) is 5.16 Å². The Balaban J connectivity index is 2.36. The minimum absolute atomic E-state index is 0.0315. The van der Waals surface area contributed by atoms with Crippen LogP contribution >= 0.6 is 0 Å². The van der Waals surface area contributed by atoms with Crippen molar-refractivity contribution < 1.29 is 15.4 Å². The molecule has 0 bridgehead atoms. The summed E-state index contributed by atoms with van der Waals surface area (Å²) in [6.45, 7) is 2.00. The highest BCUT2D eigenvalue weighted by Crippen LogP contribution is 2.44. The molecule has 3 N–H and O–H groups in total. The lowest BCUT2D eigenvalue weighted by molar-refractivity contribution is 0.296. The van der Waals surface area contributed by atoms with E-state index in [0.717, 1.165) is 19.3 Å². The van der Waals surface area contributed by atoms with E-state index >= 15 is 0 Å². The van der Waals surface area contributed by atoms with Gasteiger partial charge in [-0.15, -0.1) is 0 Å². The second-order valence-electron chi connectivity index (χ2n) is 4.48.